The molecule has 9 heteroatoms. The highest BCUT2D eigenvalue weighted by Gasteiger charge is 2.16. The Hall–Kier alpha value is -1.49. The van der Waals surface area contributed by atoms with E-state index in [-0.39, 0.29) is 18.0 Å². The molecule has 2 rings (SSSR count). The predicted molar refractivity (Wildman–Crippen MR) is 130 cm³/mol. The van der Waals surface area contributed by atoms with Gasteiger partial charge in [-0.05, 0) is 45.1 Å². The topological polar surface area (TPSA) is 90.7 Å². The number of nitro groups is 1. The highest BCUT2D eigenvalue weighted by atomic mass is 32.2. The number of hydrogen-bond donors (Lipinski definition) is 3. The summed E-state index contributed by atoms with van der Waals surface area (Å²) in [5.41, 5.74) is 3.22. The molecule has 31 heavy (non-hydrogen) atoms. The molecule has 2 atom stereocenters. The van der Waals surface area contributed by atoms with Crippen molar-refractivity contribution < 1.29 is 10.0 Å². The monoisotopic (exact) mass is 466 g/mol. The number of nitrogens with zero attached hydrogens (tertiary/aromatic N) is 2. The molecule has 0 saturated heterocycles. The zero-order chi connectivity index (χ0) is 22.8. The van der Waals surface area contributed by atoms with Crippen molar-refractivity contribution in [1.29, 1.82) is 0 Å². The van der Waals surface area contributed by atoms with Crippen LogP contribution < -0.4 is 10.6 Å². The standard InChI is InChI=1S/C22H34N4O3S2/c1-16-6-5-7-18(10-16)20(27)12-24-22(14-26(28)29)23-8-9-30-15-19-11-17(2)21(31-19)13-25(3)4/h5-7,10-11,20,22-24,27H,8-9,12-15H2,1-4H3. The van der Waals surface area contributed by atoms with E-state index in [1.54, 1.807) is 0 Å². The van der Waals surface area contributed by atoms with Crippen molar-refractivity contribution in [2.45, 2.75) is 38.4 Å². The third-order valence-electron chi connectivity index (χ3n) is 4.73. The van der Waals surface area contributed by atoms with Gasteiger partial charge in [-0.1, -0.05) is 29.8 Å². The van der Waals surface area contributed by atoms with Gasteiger partial charge in [-0.25, -0.2) is 0 Å². The number of hydrogen-bond acceptors (Lipinski definition) is 8. The fraction of sp³-hybridized carbons (Fsp3) is 0.545. The summed E-state index contributed by atoms with van der Waals surface area (Å²) >= 11 is 3.68. The summed E-state index contributed by atoms with van der Waals surface area (Å²) in [7, 11) is 4.16. The number of thiophene rings is 1. The average molecular weight is 467 g/mol. The summed E-state index contributed by atoms with van der Waals surface area (Å²) in [6.45, 7) is 5.77. The van der Waals surface area contributed by atoms with Crippen molar-refractivity contribution in [3.05, 3.63) is 66.9 Å². The van der Waals surface area contributed by atoms with Crippen molar-refractivity contribution in [3.8, 4) is 0 Å². The van der Waals surface area contributed by atoms with Crippen molar-refractivity contribution in [3.63, 3.8) is 0 Å². The third-order valence-corrected chi connectivity index (χ3v) is 7.14. The molecular weight excluding hydrogens is 432 g/mol. The third kappa shape index (κ3) is 9.67. The van der Waals surface area contributed by atoms with Crippen LogP contribution in [0.5, 0.6) is 0 Å². The van der Waals surface area contributed by atoms with E-state index in [4.69, 9.17) is 0 Å². The fourth-order valence-corrected chi connectivity index (χ4v) is 5.45. The number of nitrogens with one attached hydrogen (secondary N) is 2. The van der Waals surface area contributed by atoms with Crippen LogP contribution in [0.2, 0.25) is 0 Å². The summed E-state index contributed by atoms with van der Waals surface area (Å²) in [6.07, 6.45) is -1.19. The normalized spacial score (nSPS) is 13.5. The van der Waals surface area contributed by atoms with Crippen LogP contribution in [0.1, 0.15) is 32.5 Å². The van der Waals surface area contributed by atoms with Crippen LogP contribution in [-0.2, 0) is 12.3 Å². The summed E-state index contributed by atoms with van der Waals surface area (Å²) in [5.74, 6) is 1.80. The lowest BCUT2D eigenvalue weighted by atomic mass is 10.1. The first-order valence-corrected chi connectivity index (χ1v) is 12.4. The molecule has 0 amide bonds. The van der Waals surface area contributed by atoms with E-state index in [0.717, 1.165) is 29.2 Å². The molecule has 0 saturated carbocycles. The van der Waals surface area contributed by atoms with Crippen LogP contribution in [0.4, 0.5) is 0 Å². The average Bonchev–Trinajstić information content (AvgIpc) is 3.03. The Morgan fingerprint density at radius 3 is 2.71 bits per heavy atom. The van der Waals surface area contributed by atoms with E-state index in [1.165, 1.54) is 15.3 Å². The van der Waals surface area contributed by atoms with Crippen molar-refractivity contribution in [2.24, 2.45) is 0 Å². The smallest absolute Gasteiger partial charge is 0.231 e. The van der Waals surface area contributed by atoms with Crippen LogP contribution in [0, 0.1) is 24.0 Å². The molecule has 0 radical (unpaired) electrons. The Morgan fingerprint density at radius 1 is 1.26 bits per heavy atom. The Balaban J connectivity index is 1.74. The Labute approximate surface area is 193 Å². The van der Waals surface area contributed by atoms with Gasteiger partial charge in [-0.15, -0.1) is 11.3 Å². The first kappa shape index (κ1) is 25.8. The van der Waals surface area contributed by atoms with Crippen molar-refractivity contribution in [1.82, 2.24) is 15.5 Å². The van der Waals surface area contributed by atoms with E-state index < -0.39 is 12.3 Å². The summed E-state index contributed by atoms with van der Waals surface area (Å²) in [4.78, 5) is 15.6. The van der Waals surface area contributed by atoms with Crippen LogP contribution in [0.25, 0.3) is 0 Å². The molecule has 3 N–H and O–H groups in total. The van der Waals surface area contributed by atoms with Gasteiger partial charge in [0.25, 0.3) is 0 Å². The lowest BCUT2D eigenvalue weighted by molar-refractivity contribution is -0.484. The molecule has 2 aromatic rings. The highest BCUT2D eigenvalue weighted by molar-refractivity contribution is 7.98. The maximum absolute atomic E-state index is 11.0. The molecule has 172 valence electrons. The number of aryl methyl sites for hydroxylation is 2. The Bertz CT molecular complexity index is 829. The van der Waals surface area contributed by atoms with Gasteiger partial charge in [0.1, 0.15) is 6.17 Å². The van der Waals surface area contributed by atoms with E-state index in [9.17, 15) is 15.2 Å². The zero-order valence-electron chi connectivity index (χ0n) is 18.8. The lowest BCUT2D eigenvalue weighted by Gasteiger charge is -2.19. The molecule has 1 aromatic carbocycles. The number of rotatable bonds is 14. The number of aliphatic hydroxyl groups excluding tert-OH is 1. The second-order valence-corrected chi connectivity index (χ2v) is 10.3. The van der Waals surface area contributed by atoms with E-state index in [1.807, 2.05) is 54.3 Å². The Morgan fingerprint density at radius 2 is 2.03 bits per heavy atom. The van der Waals surface area contributed by atoms with E-state index in [2.05, 4.69) is 42.6 Å². The molecule has 0 aliphatic carbocycles. The minimum Gasteiger partial charge on any atom is -0.387 e. The number of aliphatic hydroxyl groups is 1. The lowest BCUT2D eigenvalue weighted by Crippen LogP contribution is -2.49. The van der Waals surface area contributed by atoms with Gasteiger partial charge >= 0.3 is 0 Å². The highest BCUT2D eigenvalue weighted by Crippen LogP contribution is 2.26. The SMILES string of the molecule is Cc1cccc(C(O)CNC(C[N+](=O)[O-])NCCSCc2cc(C)c(CN(C)C)s2)c1. The van der Waals surface area contributed by atoms with Gasteiger partial charge in [0.2, 0.25) is 6.54 Å². The summed E-state index contributed by atoms with van der Waals surface area (Å²) < 4.78 is 0. The maximum atomic E-state index is 11.0. The van der Waals surface area contributed by atoms with Crippen LogP contribution in [0.3, 0.4) is 0 Å². The summed E-state index contributed by atoms with van der Waals surface area (Å²) in [6, 6.07) is 9.92. The van der Waals surface area contributed by atoms with E-state index in [0.29, 0.717) is 6.54 Å². The predicted octanol–water partition coefficient (Wildman–Crippen LogP) is 3.18. The molecule has 0 bridgehead atoms. The second kappa shape index (κ2) is 13.1. The minimum absolute atomic E-state index is 0.233. The van der Waals surface area contributed by atoms with Crippen LogP contribution >= 0.6 is 23.1 Å². The molecular formula is C22H34N4O3S2. The maximum Gasteiger partial charge on any atom is 0.231 e. The molecule has 0 aliphatic heterocycles. The molecule has 0 aliphatic rings. The molecule has 1 aromatic heterocycles. The van der Waals surface area contributed by atoms with Gasteiger partial charge in [-0.3, -0.25) is 20.7 Å². The molecule has 2 unspecified atom stereocenters. The second-order valence-electron chi connectivity index (χ2n) is 7.97. The zero-order valence-corrected chi connectivity index (χ0v) is 20.4. The molecule has 0 spiro atoms. The number of benzene rings is 1. The van der Waals surface area contributed by atoms with Gasteiger partial charge in [0, 0.05) is 45.8 Å². The molecule has 0 fully saturated rings. The molecule has 1 heterocycles. The van der Waals surface area contributed by atoms with Gasteiger partial charge in [-0.2, -0.15) is 11.8 Å². The van der Waals surface area contributed by atoms with Crippen molar-refractivity contribution in [2.75, 3.05) is 39.5 Å². The fourth-order valence-electron chi connectivity index (χ4n) is 3.18. The largest absolute Gasteiger partial charge is 0.387 e. The first-order chi connectivity index (χ1) is 14.7. The van der Waals surface area contributed by atoms with Gasteiger partial charge < -0.3 is 10.0 Å². The van der Waals surface area contributed by atoms with Crippen LogP contribution in [0.15, 0.2) is 30.3 Å². The number of thioether (sulfide) groups is 1. The van der Waals surface area contributed by atoms with Gasteiger partial charge in [0.05, 0.1) is 6.10 Å². The van der Waals surface area contributed by atoms with Crippen molar-refractivity contribution >= 4 is 23.1 Å². The van der Waals surface area contributed by atoms with Crippen LogP contribution in [-0.4, -0.2) is 60.6 Å². The summed E-state index contributed by atoms with van der Waals surface area (Å²) in [5, 5.41) is 27.7. The van der Waals surface area contributed by atoms with E-state index >= 15 is 0 Å². The molecule has 7 nitrogen and oxygen atoms in total. The first-order valence-electron chi connectivity index (χ1n) is 10.4. The van der Waals surface area contributed by atoms with Gasteiger partial charge in [0.15, 0.2) is 0 Å². The minimum atomic E-state index is -0.705. The quantitative estimate of drug-likeness (QED) is 0.170. The Kier molecular flexibility index (Phi) is 10.9.